The van der Waals surface area contributed by atoms with Gasteiger partial charge in [0.05, 0.1) is 35.1 Å². The van der Waals surface area contributed by atoms with Crippen LogP contribution in [0, 0.1) is 0 Å². The standard InChI is InChI=1S/C20H19Cl2N5O3S/c1-27-16(10-23-19(29)12-6-8-13(30-2)9-7-12)25-26-20(27)31-11-17(28)24-15-5-3-4-14(21)18(15)22/h3-9H,10-11H2,1-2H3,(H,23,29)(H,24,28). The Morgan fingerprint density at radius 1 is 1.13 bits per heavy atom. The number of hydrogen-bond donors (Lipinski definition) is 2. The molecule has 0 unspecified atom stereocenters. The predicted molar refractivity (Wildman–Crippen MR) is 121 cm³/mol. The van der Waals surface area contributed by atoms with Gasteiger partial charge < -0.3 is 19.9 Å². The number of carbonyl (C=O) groups is 2. The lowest BCUT2D eigenvalue weighted by Gasteiger charge is -2.08. The van der Waals surface area contributed by atoms with E-state index in [4.69, 9.17) is 27.9 Å². The minimum atomic E-state index is -0.258. The third-order valence-electron chi connectivity index (χ3n) is 4.24. The third kappa shape index (κ3) is 5.90. The summed E-state index contributed by atoms with van der Waals surface area (Å²) in [4.78, 5) is 24.5. The molecule has 1 aromatic heterocycles. The van der Waals surface area contributed by atoms with Crippen LogP contribution in [0.3, 0.4) is 0 Å². The van der Waals surface area contributed by atoms with E-state index in [9.17, 15) is 9.59 Å². The predicted octanol–water partition coefficient (Wildman–Crippen LogP) is 3.79. The number of aromatic nitrogens is 3. The number of benzene rings is 2. The summed E-state index contributed by atoms with van der Waals surface area (Å²) in [6.07, 6.45) is 0. The number of nitrogens with zero attached hydrogens (tertiary/aromatic N) is 3. The molecule has 0 fully saturated rings. The van der Waals surface area contributed by atoms with Crippen molar-refractivity contribution in [2.45, 2.75) is 11.7 Å². The fraction of sp³-hybridized carbons (Fsp3) is 0.200. The SMILES string of the molecule is COc1ccc(C(=O)NCc2nnc(SCC(=O)Nc3cccc(Cl)c3Cl)n2C)cc1. The summed E-state index contributed by atoms with van der Waals surface area (Å²) >= 11 is 13.2. The van der Waals surface area contributed by atoms with Crippen LogP contribution in [0.15, 0.2) is 47.6 Å². The van der Waals surface area contributed by atoms with Crippen molar-refractivity contribution in [3.63, 3.8) is 0 Å². The van der Waals surface area contributed by atoms with Crippen molar-refractivity contribution in [1.29, 1.82) is 0 Å². The number of rotatable bonds is 8. The quantitative estimate of drug-likeness (QED) is 0.476. The molecule has 3 aromatic rings. The third-order valence-corrected chi connectivity index (χ3v) is 6.08. The lowest BCUT2D eigenvalue weighted by molar-refractivity contribution is -0.113. The number of anilines is 1. The molecular weight excluding hydrogens is 461 g/mol. The molecule has 0 aliphatic rings. The Hall–Kier alpha value is -2.75. The van der Waals surface area contributed by atoms with Crippen LogP contribution in [0.25, 0.3) is 0 Å². The molecule has 8 nitrogen and oxygen atoms in total. The molecule has 2 aromatic carbocycles. The minimum absolute atomic E-state index is 0.104. The first-order chi connectivity index (χ1) is 14.9. The molecule has 0 saturated heterocycles. The Bertz CT molecular complexity index is 1090. The number of thioether (sulfide) groups is 1. The molecule has 2 amide bonds. The molecule has 0 aliphatic heterocycles. The fourth-order valence-corrected chi connectivity index (χ4v) is 3.62. The first kappa shape index (κ1) is 22.9. The zero-order chi connectivity index (χ0) is 22.4. The molecule has 162 valence electrons. The van der Waals surface area contributed by atoms with Crippen molar-refractivity contribution in [1.82, 2.24) is 20.1 Å². The van der Waals surface area contributed by atoms with Gasteiger partial charge in [0.25, 0.3) is 5.91 Å². The topological polar surface area (TPSA) is 98.1 Å². The summed E-state index contributed by atoms with van der Waals surface area (Å²) in [5, 5.41) is 14.9. The molecule has 3 rings (SSSR count). The first-order valence-corrected chi connectivity index (χ1v) is 10.8. The van der Waals surface area contributed by atoms with E-state index in [0.717, 1.165) is 0 Å². The van der Waals surface area contributed by atoms with E-state index < -0.39 is 0 Å². The van der Waals surface area contributed by atoms with Crippen molar-refractivity contribution in [2.75, 3.05) is 18.2 Å². The van der Waals surface area contributed by atoms with Gasteiger partial charge in [-0.3, -0.25) is 9.59 Å². The summed E-state index contributed by atoms with van der Waals surface area (Å²) in [5.41, 5.74) is 0.952. The Labute approximate surface area is 193 Å². The molecule has 0 saturated carbocycles. The van der Waals surface area contributed by atoms with Crippen LogP contribution in [0.4, 0.5) is 5.69 Å². The number of halogens is 2. The highest BCUT2D eigenvalue weighted by molar-refractivity contribution is 7.99. The van der Waals surface area contributed by atoms with Crippen LogP contribution in [-0.2, 0) is 18.4 Å². The average molecular weight is 480 g/mol. The van der Waals surface area contributed by atoms with E-state index in [-0.39, 0.29) is 29.1 Å². The van der Waals surface area contributed by atoms with Gasteiger partial charge in [0.15, 0.2) is 11.0 Å². The molecule has 0 aliphatic carbocycles. The molecule has 0 atom stereocenters. The molecule has 2 N–H and O–H groups in total. The highest BCUT2D eigenvalue weighted by Crippen LogP contribution is 2.29. The van der Waals surface area contributed by atoms with Crippen molar-refractivity contribution in [3.8, 4) is 5.75 Å². The monoisotopic (exact) mass is 479 g/mol. The molecule has 11 heteroatoms. The van der Waals surface area contributed by atoms with E-state index in [0.29, 0.717) is 33.0 Å². The zero-order valence-corrected chi connectivity index (χ0v) is 19.0. The van der Waals surface area contributed by atoms with Gasteiger partial charge in [-0.15, -0.1) is 10.2 Å². The Morgan fingerprint density at radius 3 is 2.58 bits per heavy atom. The Balaban J connectivity index is 1.53. The summed E-state index contributed by atoms with van der Waals surface area (Å²) in [6.45, 7) is 0.194. The summed E-state index contributed by atoms with van der Waals surface area (Å²) < 4.78 is 6.81. The molecular formula is C20H19Cl2N5O3S. The van der Waals surface area contributed by atoms with Crippen molar-refractivity contribution in [3.05, 3.63) is 63.9 Å². The summed E-state index contributed by atoms with van der Waals surface area (Å²) in [5.74, 6) is 0.840. The maximum Gasteiger partial charge on any atom is 0.251 e. The highest BCUT2D eigenvalue weighted by atomic mass is 35.5. The number of hydrogen-bond acceptors (Lipinski definition) is 6. The number of methoxy groups -OCH3 is 1. The second-order valence-electron chi connectivity index (χ2n) is 6.31. The molecule has 0 spiro atoms. The molecule has 0 bridgehead atoms. The number of nitrogens with one attached hydrogen (secondary N) is 2. The van der Waals surface area contributed by atoms with Crippen LogP contribution in [0.2, 0.25) is 10.0 Å². The summed E-state index contributed by atoms with van der Waals surface area (Å²) in [7, 11) is 3.33. The van der Waals surface area contributed by atoms with Crippen LogP contribution in [0.5, 0.6) is 5.75 Å². The van der Waals surface area contributed by atoms with Crippen LogP contribution in [-0.4, -0.2) is 39.4 Å². The lowest BCUT2D eigenvalue weighted by Crippen LogP contribution is -2.24. The van der Waals surface area contributed by atoms with E-state index in [1.54, 1.807) is 61.2 Å². The van der Waals surface area contributed by atoms with Crippen LogP contribution < -0.4 is 15.4 Å². The van der Waals surface area contributed by atoms with E-state index >= 15 is 0 Å². The minimum Gasteiger partial charge on any atom is -0.497 e. The van der Waals surface area contributed by atoms with Crippen LogP contribution in [0.1, 0.15) is 16.2 Å². The molecule has 1 heterocycles. The van der Waals surface area contributed by atoms with E-state index in [1.807, 2.05) is 0 Å². The van der Waals surface area contributed by atoms with E-state index in [1.165, 1.54) is 11.8 Å². The van der Waals surface area contributed by atoms with Gasteiger partial charge in [0.1, 0.15) is 5.75 Å². The van der Waals surface area contributed by atoms with Gasteiger partial charge in [-0.1, -0.05) is 41.0 Å². The van der Waals surface area contributed by atoms with Crippen molar-refractivity contribution in [2.24, 2.45) is 7.05 Å². The maximum atomic E-state index is 12.3. The maximum absolute atomic E-state index is 12.3. The number of ether oxygens (including phenoxy) is 1. The zero-order valence-electron chi connectivity index (χ0n) is 16.7. The first-order valence-electron chi connectivity index (χ1n) is 9.06. The number of carbonyl (C=O) groups excluding carboxylic acids is 2. The van der Waals surface area contributed by atoms with E-state index in [2.05, 4.69) is 20.8 Å². The average Bonchev–Trinajstić information content (AvgIpc) is 3.13. The van der Waals surface area contributed by atoms with Gasteiger partial charge in [0.2, 0.25) is 5.91 Å². The lowest BCUT2D eigenvalue weighted by atomic mass is 10.2. The van der Waals surface area contributed by atoms with Gasteiger partial charge in [-0.25, -0.2) is 0 Å². The highest BCUT2D eigenvalue weighted by Gasteiger charge is 2.14. The largest absolute Gasteiger partial charge is 0.497 e. The smallest absolute Gasteiger partial charge is 0.251 e. The fourth-order valence-electron chi connectivity index (χ4n) is 2.55. The van der Waals surface area contributed by atoms with Gasteiger partial charge in [-0.05, 0) is 36.4 Å². The number of amides is 2. The van der Waals surface area contributed by atoms with Gasteiger partial charge in [0, 0.05) is 12.6 Å². The molecule has 31 heavy (non-hydrogen) atoms. The van der Waals surface area contributed by atoms with Gasteiger partial charge in [-0.2, -0.15) is 0 Å². The van der Waals surface area contributed by atoms with Crippen LogP contribution >= 0.6 is 35.0 Å². The molecule has 0 radical (unpaired) electrons. The summed E-state index contributed by atoms with van der Waals surface area (Å²) in [6, 6.07) is 11.8. The normalized spacial score (nSPS) is 10.6. The van der Waals surface area contributed by atoms with Gasteiger partial charge >= 0.3 is 0 Å². The Kier molecular flexibility index (Phi) is 7.78. The Morgan fingerprint density at radius 2 is 1.87 bits per heavy atom. The van der Waals surface area contributed by atoms with Crippen molar-refractivity contribution >= 4 is 52.5 Å². The second kappa shape index (κ2) is 10.5. The second-order valence-corrected chi connectivity index (χ2v) is 8.03. The van der Waals surface area contributed by atoms with Crippen molar-refractivity contribution < 1.29 is 14.3 Å².